The van der Waals surface area contributed by atoms with Gasteiger partial charge in [0.1, 0.15) is 0 Å². The summed E-state index contributed by atoms with van der Waals surface area (Å²) in [6.45, 7) is 0. The lowest BCUT2D eigenvalue weighted by Crippen LogP contribution is -2.40. The van der Waals surface area contributed by atoms with Gasteiger partial charge in [0.25, 0.3) is 23.6 Å². The van der Waals surface area contributed by atoms with Gasteiger partial charge in [-0.1, -0.05) is 129 Å². The number of fused-ring (bicyclic) bond motifs is 2. The number of carbonyl (C=O) groups is 4. The Morgan fingerprint density at radius 1 is 0.321 bits per heavy atom. The molecule has 0 unspecified atom stereocenters. The highest BCUT2D eigenvalue weighted by molar-refractivity contribution is 9.11. The number of hydrogen-bond donors (Lipinski definition) is 0. The number of halogens is 2. The summed E-state index contributed by atoms with van der Waals surface area (Å²) in [5.41, 5.74) is 6.65. The van der Waals surface area contributed by atoms with E-state index in [1.54, 1.807) is 48.5 Å². The molecule has 264 valence electrons. The Bertz CT molecular complexity index is 3000. The van der Waals surface area contributed by atoms with E-state index in [0.717, 1.165) is 54.6 Å². The number of imide groups is 2. The zero-order valence-electron chi connectivity index (χ0n) is 29.1. The van der Waals surface area contributed by atoms with Gasteiger partial charge in [-0.3, -0.25) is 19.2 Å². The van der Waals surface area contributed by atoms with Crippen LogP contribution in [0.2, 0.25) is 0 Å². The standard InChI is InChI=1S/C48H24Br2N2O4/c49-37-23-35-39-33(45(53)51(47(35)55)29-15-11-27(12-16-29)25-7-3-1-4-8-25)21-19-31-42-38(50)24-36-40-34(22-20-32(44(40)42)41(37)43(31)39)46(54)52(48(36)56)30-17-13-28(14-18-30)26-9-5-2-6-10-26/h1-24H. The molecule has 2 heterocycles. The van der Waals surface area contributed by atoms with Crippen LogP contribution in [0, 0.1) is 0 Å². The highest BCUT2D eigenvalue weighted by Gasteiger charge is 2.39. The van der Waals surface area contributed by atoms with Gasteiger partial charge >= 0.3 is 0 Å². The summed E-state index contributed by atoms with van der Waals surface area (Å²) in [4.78, 5) is 60.0. The molecule has 0 spiro atoms. The van der Waals surface area contributed by atoms with Crippen LogP contribution in [-0.2, 0) is 0 Å². The van der Waals surface area contributed by atoms with E-state index >= 15 is 0 Å². The fraction of sp³-hybridized carbons (Fsp3) is 0. The number of benzene rings is 9. The van der Waals surface area contributed by atoms with Gasteiger partial charge in [-0.05, 0) is 81.6 Å². The minimum Gasteiger partial charge on any atom is -0.268 e. The van der Waals surface area contributed by atoms with Gasteiger partial charge in [-0.15, -0.1) is 0 Å². The summed E-state index contributed by atoms with van der Waals surface area (Å²) in [6, 6.07) is 45.7. The predicted molar refractivity (Wildman–Crippen MR) is 229 cm³/mol. The highest BCUT2D eigenvalue weighted by Crippen LogP contribution is 2.51. The third-order valence-corrected chi connectivity index (χ3v) is 12.5. The number of hydrogen-bond acceptors (Lipinski definition) is 4. The van der Waals surface area contributed by atoms with Crippen molar-refractivity contribution in [2.24, 2.45) is 0 Å². The average molecular weight is 853 g/mol. The minimum absolute atomic E-state index is 0.405. The van der Waals surface area contributed by atoms with Crippen molar-refractivity contribution in [3.8, 4) is 22.3 Å². The quantitative estimate of drug-likeness (QED) is 0.100. The van der Waals surface area contributed by atoms with Gasteiger partial charge in [0.2, 0.25) is 0 Å². The largest absolute Gasteiger partial charge is 0.268 e. The SMILES string of the molecule is O=C1c2ccc3c4c(Br)cc5c6c(ccc(c7c(Br)cc(c2c37)C(=O)N1c1ccc(-c2ccccc2)cc1)c64)C(=O)N(c1ccc(-c2ccccc2)cc1)C5=O. The molecule has 0 aliphatic carbocycles. The summed E-state index contributed by atoms with van der Waals surface area (Å²) in [5.74, 6) is -1.64. The zero-order chi connectivity index (χ0) is 38.0. The number of rotatable bonds is 4. The summed E-state index contributed by atoms with van der Waals surface area (Å²) in [5, 5.41) is 5.86. The number of nitrogens with zero attached hydrogens (tertiary/aromatic N) is 2. The third kappa shape index (κ3) is 4.48. The molecule has 2 aliphatic rings. The van der Waals surface area contributed by atoms with E-state index in [0.29, 0.717) is 53.3 Å². The summed E-state index contributed by atoms with van der Waals surface area (Å²) >= 11 is 7.64. The summed E-state index contributed by atoms with van der Waals surface area (Å²) < 4.78 is 1.33. The van der Waals surface area contributed by atoms with Crippen LogP contribution < -0.4 is 9.80 Å². The van der Waals surface area contributed by atoms with Crippen LogP contribution in [0.25, 0.3) is 65.3 Å². The first kappa shape index (κ1) is 32.9. The molecule has 0 saturated heterocycles. The van der Waals surface area contributed by atoms with E-state index in [-0.39, 0.29) is 0 Å². The molecule has 2 aliphatic heterocycles. The lowest BCUT2D eigenvalue weighted by molar-refractivity contribution is 0.0877. The maximum absolute atomic E-state index is 14.4. The smallest absolute Gasteiger partial charge is 0.266 e. The van der Waals surface area contributed by atoms with E-state index in [9.17, 15) is 19.2 Å². The average Bonchev–Trinajstić information content (AvgIpc) is 3.23. The van der Waals surface area contributed by atoms with Crippen molar-refractivity contribution < 1.29 is 19.2 Å². The second-order valence-corrected chi connectivity index (χ2v) is 15.8. The number of amides is 4. The fourth-order valence-corrected chi connectivity index (χ4v) is 9.99. The molecule has 6 nitrogen and oxygen atoms in total. The van der Waals surface area contributed by atoms with E-state index in [4.69, 9.17) is 0 Å². The Morgan fingerprint density at radius 3 is 1.04 bits per heavy atom. The molecule has 0 N–H and O–H groups in total. The Labute approximate surface area is 336 Å². The normalized spacial score (nSPS) is 14.0. The van der Waals surface area contributed by atoms with Gasteiger partial charge in [0.05, 0.1) is 22.5 Å². The molecule has 56 heavy (non-hydrogen) atoms. The molecule has 9 aromatic carbocycles. The molecule has 0 aromatic heterocycles. The molecule has 0 saturated carbocycles. The number of anilines is 2. The Balaban J connectivity index is 1.07. The van der Waals surface area contributed by atoms with E-state index in [1.807, 2.05) is 97.1 Å². The predicted octanol–water partition coefficient (Wildman–Crippen LogP) is 12.2. The molecule has 0 radical (unpaired) electrons. The van der Waals surface area contributed by atoms with Crippen molar-refractivity contribution in [2.75, 3.05) is 9.80 Å². The minimum atomic E-state index is -0.414. The van der Waals surface area contributed by atoms with Crippen molar-refractivity contribution in [2.45, 2.75) is 0 Å². The van der Waals surface area contributed by atoms with Gasteiger partial charge < -0.3 is 0 Å². The van der Waals surface area contributed by atoms with Crippen LogP contribution in [0.1, 0.15) is 41.4 Å². The molecule has 0 atom stereocenters. The van der Waals surface area contributed by atoms with Crippen LogP contribution in [0.15, 0.2) is 155 Å². The molecule has 9 aromatic rings. The van der Waals surface area contributed by atoms with E-state index in [1.165, 1.54) is 9.80 Å². The maximum Gasteiger partial charge on any atom is 0.266 e. The van der Waals surface area contributed by atoms with Crippen molar-refractivity contribution in [1.82, 2.24) is 0 Å². The molecule has 11 rings (SSSR count). The second-order valence-electron chi connectivity index (χ2n) is 14.1. The molecular formula is C48H24Br2N2O4. The monoisotopic (exact) mass is 850 g/mol. The van der Waals surface area contributed by atoms with Gasteiger partial charge in [-0.2, -0.15) is 0 Å². The van der Waals surface area contributed by atoms with Crippen molar-refractivity contribution >= 4 is 110 Å². The van der Waals surface area contributed by atoms with E-state index in [2.05, 4.69) is 31.9 Å². The van der Waals surface area contributed by atoms with Crippen molar-refractivity contribution in [3.63, 3.8) is 0 Å². The van der Waals surface area contributed by atoms with Crippen LogP contribution in [0.3, 0.4) is 0 Å². The fourth-order valence-electron chi connectivity index (χ4n) is 8.70. The van der Waals surface area contributed by atoms with Gasteiger partial charge in [0.15, 0.2) is 0 Å². The summed E-state index contributed by atoms with van der Waals surface area (Å²) in [6.07, 6.45) is 0. The van der Waals surface area contributed by atoms with Gasteiger partial charge in [0, 0.05) is 52.4 Å². The Kier molecular flexibility index (Phi) is 7.06. The highest BCUT2D eigenvalue weighted by atomic mass is 79.9. The number of carbonyl (C=O) groups excluding carboxylic acids is 4. The Morgan fingerprint density at radius 2 is 0.661 bits per heavy atom. The summed E-state index contributed by atoms with van der Waals surface area (Å²) in [7, 11) is 0. The molecule has 0 bridgehead atoms. The van der Waals surface area contributed by atoms with E-state index < -0.39 is 23.6 Å². The first-order valence-corrected chi connectivity index (χ1v) is 19.6. The second kappa shape index (κ2) is 12.0. The van der Waals surface area contributed by atoms with Crippen molar-refractivity contribution in [1.29, 1.82) is 0 Å². The maximum atomic E-state index is 14.4. The zero-order valence-corrected chi connectivity index (χ0v) is 32.3. The first-order chi connectivity index (χ1) is 27.3. The van der Waals surface area contributed by atoms with Crippen LogP contribution >= 0.6 is 31.9 Å². The molecule has 4 amide bonds. The molecular weight excluding hydrogens is 828 g/mol. The lowest BCUT2D eigenvalue weighted by atomic mass is 9.82. The van der Waals surface area contributed by atoms with Crippen LogP contribution in [0.5, 0.6) is 0 Å². The third-order valence-electron chi connectivity index (χ3n) is 11.2. The van der Waals surface area contributed by atoms with Crippen LogP contribution in [-0.4, -0.2) is 23.6 Å². The molecule has 0 fully saturated rings. The Hall–Kier alpha value is -6.48. The lowest BCUT2D eigenvalue weighted by Gasteiger charge is -2.31. The topological polar surface area (TPSA) is 74.8 Å². The molecule has 8 heteroatoms. The first-order valence-electron chi connectivity index (χ1n) is 18.0. The van der Waals surface area contributed by atoms with Gasteiger partial charge in [-0.25, -0.2) is 9.80 Å². The van der Waals surface area contributed by atoms with Crippen molar-refractivity contribution in [3.05, 3.63) is 177 Å². The van der Waals surface area contributed by atoms with Crippen LogP contribution in [0.4, 0.5) is 11.4 Å².